The second-order valence-electron chi connectivity index (χ2n) is 6.18. The molecule has 146 valence electrons. The molecule has 0 aromatic heterocycles. The number of halogens is 1. The van der Waals surface area contributed by atoms with E-state index in [1.165, 1.54) is 0 Å². The van der Waals surface area contributed by atoms with Crippen molar-refractivity contribution in [2.75, 3.05) is 15.8 Å². The van der Waals surface area contributed by atoms with Crippen molar-refractivity contribution in [3.05, 3.63) is 52.5 Å². The average molecular weight is 455 g/mol. The van der Waals surface area contributed by atoms with Crippen LogP contribution in [0.3, 0.4) is 0 Å². The lowest BCUT2D eigenvalue weighted by Gasteiger charge is -2.16. The first-order valence-corrected chi connectivity index (χ1v) is 11.0. The van der Waals surface area contributed by atoms with Gasteiger partial charge in [-0.15, -0.1) is 0 Å². The molecule has 6 nitrogen and oxygen atoms in total. The largest absolute Gasteiger partial charge is 0.480 e. The second-order valence-corrected chi connectivity index (χ2v) is 8.88. The second kappa shape index (κ2) is 9.23. The van der Waals surface area contributed by atoms with Crippen LogP contribution in [-0.4, -0.2) is 26.2 Å². The Morgan fingerprint density at radius 2 is 1.78 bits per heavy atom. The summed E-state index contributed by atoms with van der Waals surface area (Å²) in [4.78, 5) is 12.3. The van der Waals surface area contributed by atoms with Crippen LogP contribution in [-0.2, 0) is 14.8 Å². The highest BCUT2D eigenvalue weighted by molar-refractivity contribution is 9.10. The highest BCUT2D eigenvalue weighted by atomic mass is 79.9. The lowest BCUT2D eigenvalue weighted by Crippen LogP contribution is -2.30. The molecule has 0 aliphatic rings. The summed E-state index contributed by atoms with van der Waals surface area (Å²) in [6.07, 6.45) is -0.162. The minimum absolute atomic E-state index is 0.0644. The average Bonchev–Trinajstić information content (AvgIpc) is 2.58. The van der Waals surface area contributed by atoms with Gasteiger partial charge < -0.3 is 10.1 Å². The Hall–Kier alpha value is -2.06. The van der Waals surface area contributed by atoms with Crippen LogP contribution in [0.5, 0.6) is 5.75 Å². The number of aryl methyl sites for hydroxylation is 1. The fourth-order valence-corrected chi connectivity index (χ4v) is 4.03. The number of amides is 1. The van der Waals surface area contributed by atoms with E-state index in [9.17, 15) is 13.2 Å². The van der Waals surface area contributed by atoms with Crippen LogP contribution < -0.4 is 14.8 Å². The molecule has 2 rings (SSSR count). The van der Waals surface area contributed by atoms with E-state index in [0.717, 1.165) is 10.0 Å². The summed E-state index contributed by atoms with van der Waals surface area (Å²) in [6.45, 7) is 5.43. The summed E-state index contributed by atoms with van der Waals surface area (Å²) in [5.41, 5.74) is 2.09. The normalized spacial score (nSPS) is 12.3. The van der Waals surface area contributed by atoms with Crippen molar-refractivity contribution in [3.63, 3.8) is 0 Å². The van der Waals surface area contributed by atoms with Gasteiger partial charge in [-0.2, -0.15) is 0 Å². The standard InChI is InChI=1S/C19H23BrN2O4S/c1-4-11-27(24,25)22-16-8-6-15(7-9-16)21-19(23)14(3)26-18-10-5-13(2)12-17(18)20/h5-10,12,14,22H,4,11H2,1-3H3,(H,21,23). The lowest BCUT2D eigenvalue weighted by molar-refractivity contribution is -0.122. The van der Waals surface area contributed by atoms with Crippen LogP contribution in [0.4, 0.5) is 11.4 Å². The van der Waals surface area contributed by atoms with Crippen molar-refractivity contribution < 1.29 is 17.9 Å². The van der Waals surface area contributed by atoms with Gasteiger partial charge >= 0.3 is 0 Å². The van der Waals surface area contributed by atoms with Gasteiger partial charge in [0.1, 0.15) is 5.75 Å². The molecule has 8 heteroatoms. The van der Waals surface area contributed by atoms with Gasteiger partial charge in [0, 0.05) is 11.4 Å². The maximum atomic E-state index is 12.3. The zero-order valence-electron chi connectivity index (χ0n) is 15.5. The number of benzene rings is 2. The van der Waals surface area contributed by atoms with Crippen LogP contribution in [0.2, 0.25) is 0 Å². The van der Waals surface area contributed by atoms with Crippen LogP contribution in [0.1, 0.15) is 25.8 Å². The third kappa shape index (κ3) is 6.55. The number of rotatable bonds is 8. The minimum atomic E-state index is -3.34. The zero-order valence-corrected chi connectivity index (χ0v) is 17.9. The van der Waals surface area contributed by atoms with E-state index in [1.54, 1.807) is 44.2 Å². The highest BCUT2D eigenvalue weighted by Crippen LogP contribution is 2.27. The molecule has 1 amide bonds. The van der Waals surface area contributed by atoms with Gasteiger partial charge in [0.25, 0.3) is 5.91 Å². The Morgan fingerprint density at radius 3 is 2.37 bits per heavy atom. The van der Waals surface area contributed by atoms with Crippen LogP contribution in [0.25, 0.3) is 0 Å². The zero-order chi connectivity index (χ0) is 20.0. The molecule has 0 radical (unpaired) electrons. The van der Waals surface area contributed by atoms with Crippen molar-refractivity contribution in [1.82, 2.24) is 0 Å². The molecule has 2 N–H and O–H groups in total. The molecule has 2 aromatic rings. The molecule has 2 aromatic carbocycles. The Labute approximate surface area is 168 Å². The summed E-state index contributed by atoms with van der Waals surface area (Å²) in [6, 6.07) is 12.1. The number of nitrogens with one attached hydrogen (secondary N) is 2. The Kier molecular flexibility index (Phi) is 7.26. The van der Waals surface area contributed by atoms with Crippen molar-refractivity contribution in [3.8, 4) is 5.75 Å². The quantitative estimate of drug-likeness (QED) is 0.621. The maximum absolute atomic E-state index is 12.3. The van der Waals surface area contributed by atoms with Gasteiger partial charge in [0.15, 0.2) is 6.10 Å². The summed E-state index contributed by atoms with van der Waals surface area (Å²) in [5.74, 6) is 0.347. The SMILES string of the molecule is CCCS(=O)(=O)Nc1ccc(NC(=O)C(C)Oc2ccc(C)cc2Br)cc1. The third-order valence-electron chi connectivity index (χ3n) is 3.66. The van der Waals surface area contributed by atoms with Crippen molar-refractivity contribution in [2.45, 2.75) is 33.3 Å². The molecule has 1 atom stereocenters. The van der Waals surface area contributed by atoms with Gasteiger partial charge in [-0.3, -0.25) is 9.52 Å². The van der Waals surface area contributed by atoms with Crippen molar-refractivity contribution in [2.24, 2.45) is 0 Å². The fraction of sp³-hybridized carbons (Fsp3) is 0.316. The van der Waals surface area contributed by atoms with E-state index in [4.69, 9.17) is 4.74 Å². The van der Waals surface area contributed by atoms with Gasteiger partial charge in [0.2, 0.25) is 10.0 Å². The van der Waals surface area contributed by atoms with E-state index in [1.807, 2.05) is 19.1 Å². The molecule has 1 unspecified atom stereocenters. The third-order valence-corrected chi connectivity index (χ3v) is 5.77. The van der Waals surface area contributed by atoms with Crippen molar-refractivity contribution >= 4 is 43.2 Å². The van der Waals surface area contributed by atoms with Gasteiger partial charge in [-0.05, 0) is 78.2 Å². The van der Waals surface area contributed by atoms with E-state index in [2.05, 4.69) is 26.0 Å². The number of carbonyl (C=O) groups excluding carboxylic acids is 1. The summed E-state index contributed by atoms with van der Waals surface area (Å²) < 4.78 is 32.5. The maximum Gasteiger partial charge on any atom is 0.265 e. The van der Waals surface area contributed by atoms with Gasteiger partial charge in [-0.25, -0.2) is 8.42 Å². The van der Waals surface area contributed by atoms with E-state index >= 15 is 0 Å². The molecule has 27 heavy (non-hydrogen) atoms. The number of sulfonamides is 1. The van der Waals surface area contributed by atoms with E-state index in [0.29, 0.717) is 23.5 Å². The molecule has 0 heterocycles. The van der Waals surface area contributed by atoms with Crippen molar-refractivity contribution in [1.29, 1.82) is 0 Å². The predicted molar refractivity (Wildman–Crippen MR) is 112 cm³/mol. The van der Waals surface area contributed by atoms with Crippen LogP contribution in [0.15, 0.2) is 46.9 Å². The molecule has 0 fully saturated rings. The lowest BCUT2D eigenvalue weighted by atomic mass is 10.2. The van der Waals surface area contributed by atoms with Crippen LogP contribution in [0, 0.1) is 6.92 Å². The molecule has 0 saturated heterocycles. The smallest absolute Gasteiger partial charge is 0.265 e. The molecule has 0 spiro atoms. The number of carbonyl (C=O) groups is 1. The summed E-state index contributed by atoms with van der Waals surface area (Å²) >= 11 is 3.42. The monoisotopic (exact) mass is 454 g/mol. The number of ether oxygens (including phenoxy) is 1. The van der Waals surface area contributed by atoms with Gasteiger partial charge in [0.05, 0.1) is 10.2 Å². The Bertz CT molecular complexity index is 898. The number of hydrogen-bond acceptors (Lipinski definition) is 4. The van der Waals surface area contributed by atoms with E-state index in [-0.39, 0.29) is 11.7 Å². The minimum Gasteiger partial charge on any atom is -0.480 e. The Balaban J connectivity index is 1.96. The molecular formula is C19H23BrN2O4S. The molecule has 0 bridgehead atoms. The molecule has 0 aliphatic heterocycles. The predicted octanol–water partition coefficient (Wildman–Crippen LogP) is 4.32. The van der Waals surface area contributed by atoms with E-state index < -0.39 is 16.1 Å². The number of hydrogen-bond donors (Lipinski definition) is 2. The molecular weight excluding hydrogens is 432 g/mol. The fourth-order valence-electron chi connectivity index (χ4n) is 2.31. The van der Waals surface area contributed by atoms with Gasteiger partial charge in [-0.1, -0.05) is 13.0 Å². The molecule has 0 saturated carbocycles. The number of anilines is 2. The Morgan fingerprint density at radius 1 is 1.15 bits per heavy atom. The molecule has 0 aliphatic carbocycles. The highest BCUT2D eigenvalue weighted by Gasteiger charge is 2.16. The first-order chi connectivity index (χ1) is 12.7. The van der Waals surface area contributed by atoms with Crippen LogP contribution >= 0.6 is 15.9 Å². The summed E-state index contributed by atoms with van der Waals surface area (Å²) in [5, 5.41) is 2.75. The summed E-state index contributed by atoms with van der Waals surface area (Å²) in [7, 11) is -3.34. The first-order valence-electron chi connectivity index (χ1n) is 8.54. The topological polar surface area (TPSA) is 84.5 Å². The first kappa shape index (κ1) is 21.2.